The van der Waals surface area contributed by atoms with Crippen LogP contribution in [0.15, 0.2) is 35.0 Å². The number of amides is 2. The van der Waals surface area contributed by atoms with Crippen LogP contribution in [-0.4, -0.2) is 32.4 Å². The molecule has 2 amide bonds. The molecule has 3 aromatic heterocycles. The third kappa shape index (κ3) is 3.55. The van der Waals surface area contributed by atoms with Crippen LogP contribution in [0.3, 0.4) is 0 Å². The Morgan fingerprint density at radius 3 is 2.74 bits per heavy atom. The summed E-state index contributed by atoms with van der Waals surface area (Å²) in [5.74, 6) is 0.312. The van der Waals surface area contributed by atoms with Crippen LogP contribution in [0.5, 0.6) is 0 Å². The molecule has 27 heavy (non-hydrogen) atoms. The van der Waals surface area contributed by atoms with Crippen LogP contribution in [0.2, 0.25) is 0 Å². The van der Waals surface area contributed by atoms with Gasteiger partial charge < -0.3 is 15.2 Å². The summed E-state index contributed by atoms with van der Waals surface area (Å²) < 4.78 is 6.57. The van der Waals surface area contributed by atoms with Crippen molar-refractivity contribution in [3.63, 3.8) is 0 Å². The first-order valence-electron chi connectivity index (χ1n) is 9.14. The highest BCUT2D eigenvalue weighted by molar-refractivity contribution is 6.05. The van der Waals surface area contributed by atoms with Gasteiger partial charge in [0.15, 0.2) is 11.5 Å². The molecule has 8 nitrogen and oxygen atoms in total. The first-order chi connectivity index (χ1) is 13.1. The van der Waals surface area contributed by atoms with E-state index in [0.29, 0.717) is 17.1 Å². The molecule has 0 aliphatic heterocycles. The fourth-order valence-electron chi connectivity index (χ4n) is 3.46. The minimum Gasteiger partial charge on any atom is -0.360 e. The van der Waals surface area contributed by atoms with Crippen LogP contribution < -0.4 is 10.6 Å². The minimum absolute atomic E-state index is 0.125. The normalized spacial score (nSPS) is 15.0. The predicted octanol–water partition coefficient (Wildman–Crippen LogP) is 2.95. The van der Waals surface area contributed by atoms with Crippen LogP contribution >= 0.6 is 0 Å². The highest BCUT2D eigenvalue weighted by Crippen LogP contribution is 2.19. The maximum atomic E-state index is 12.8. The van der Waals surface area contributed by atoms with Gasteiger partial charge in [0.05, 0.1) is 5.52 Å². The summed E-state index contributed by atoms with van der Waals surface area (Å²) in [4.78, 5) is 29.8. The molecular formula is C19H21N5O3. The summed E-state index contributed by atoms with van der Waals surface area (Å²) in [6, 6.07) is 7.16. The Labute approximate surface area is 155 Å². The lowest BCUT2D eigenvalue weighted by Crippen LogP contribution is -2.36. The van der Waals surface area contributed by atoms with Crippen LogP contribution in [0.4, 0.5) is 5.82 Å². The van der Waals surface area contributed by atoms with E-state index < -0.39 is 5.91 Å². The molecule has 1 fully saturated rings. The topological polar surface area (TPSA) is 102 Å². The Morgan fingerprint density at radius 1 is 1.19 bits per heavy atom. The standard InChI is InChI=1S/C19H21N5O3/c1-12-11-15(23-27-12)21-19(26)17-22-16(14-9-5-6-10-24(14)17)18(25)20-13-7-3-2-4-8-13/h5-6,9-11,13H,2-4,7-8H2,1H3,(H,20,25)(H,21,23,26). The molecule has 1 saturated carbocycles. The van der Waals surface area contributed by atoms with E-state index in [2.05, 4.69) is 20.8 Å². The Morgan fingerprint density at radius 2 is 2.00 bits per heavy atom. The van der Waals surface area contributed by atoms with Crippen molar-refractivity contribution >= 4 is 23.1 Å². The summed E-state index contributed by atoms with van der Waals surface area (Å²) >= 11 is 0. The number of aromatic nitrogens is 3. The van der Waals surface area contributed by atoms with Crippen LogP contribution in [-0.2, 0) is 0 Å². The summed E-state index contributed by atoms with van der Waals surface area (Å²) in [5, 5.41) is 9.46. The molecule has 0 saturated heterocycles. The fourth-order valence-corrected chi connectivity index (χ4v) is 3.46. The van der Waals surface area contributed by atoms with E-state index in [0.717, 1.165) is 25.7 Å². The molecule has 0 spiro atoms. The molecule has 8 heteroatoms. The number of anilines is 1. The van der Waals surface area contributed by atoms with Crippen LogP contribution in [0, 0.1) is 6.92 Å². The zero-order valence-electron chi connectivity index (χ0n) is 15.1. The number of imidazole rings is 1. The smallest absolute Gasteiger partial charge is 0.293 e. The van der Waals surface area contributed by atoms with E-state index in [9.17, 15) is 9.59 Å². The number of hydrogen-bond donors (Lipinski definition) is 2. The number of hydrogen-bond acceptors (Lipinski definition) is 5. The lowest BCUT2D eigenvalue weighted by molar-refractivity contribution is 0.0925. The average molecular weight is 367 g/mol. The van der Waals surface area contributed by atoms with E-state index in [4.69, 9.17) is 4.52 Å². The highest BCUT2D eigenvalue weighted by Gasteiger charge is 2.24. The van der Waals surface area contributed by atoms with Gasteiger partial charge in [0.25, 0.3) is 11.8 Å². The Bertz CT molecular complexity index is 984. The van der Waals surface area contributed by atoms with Gasteiger partial charge >= 0.3 is 0 Å². The molecule has 140 valence electrons. The average Bonchev–Trinajstić information content (AvgIpc) is 3.26. The maximum absolute atomic E-state index is 12.8. The van der Waals surface area contributed by atoms with Gasteiger partial charge in [-0.25, -0.2) is 4.98 Å². The third-order valence-electron chi connectivity index (χ3n) is 4.78. The lowest BCUT2D eigenvalue weighted by Gasteiger charge is -2.22. The van der Waals surface area contributed by atoms with Crippen LogP contribution in [0.1, 0.15) is 59.0 Å². The van der Waals surface area contributed by atoms with Crippen molar-refractivity contribution in [3.05, 3.63) is 47.7 Å². The number of aryl methyl sites for hydroxylation is 1. The number of carbonyl (C=O) groups excluding carboxylic acids is 2. The van der Waals surface area contributed by atoms with Crippen molar-refractivity contribution in [2.45, 2.75) is 45.1 Å². The molecule has 1 aliphatic carbocycles. The summed E-state index contributed by atoms with van der Waals surface area (Å²) in [7, 11) is 0. The first kappa shape index (κ1) is 17.3. The van der Waals surface area contributed by atoms with Gasteiger partial charge in [0.1, 0.15) is 5.76 Å². The van der Waals surface area contributed by atoms with Crippen molar-refractivity contribution in [1.82, 2.24) is 19.9 Å². The summed E-state index contributed by atoms with van der Waals surface area (Å²) in [5.41, 5.74) is 0.843. The van der Waals surface area contributed by atoms with Gasteiger partial charge in [-0.3, -0.25) is 14.0 Å². The van der Waals surface area contributed by atoms with Gasteiger partial charge in [-0.15, -0.1) is 0 Å². The van der Waals surface area contributed by atoms with E-state index >= 15 is 0 Å². The van der Waals surface area contributed by atoms with Crippen molar-refractivity contribution in [2.75, 3.05) is 5.32 Å². The molecule has 0 atom stereocenters. The third-order valence-corrected chi connectivity index (χ3v) is 4.78. The highest BCUT2D eigenvalue weighted by atomic mass is 16.5. The van der Waals surface area contributed by atoms with Crippen molar-refractivity contribution in [1.29, 1.82) is 0 Å². The van der Waals surface area contributed by atoms with Gasteiger partial charge in [0, 0.05) is 18.3 Å². The molecule has 1 aliphatic rings. The van der Waals surface area contributed by atoms with E-state index in [1.165, 1.54) is 6.42 Å². The van der Waals surface area contributed by atoms with E-state index in [-0.39, 0.29) is 23.5 Å². The molecule has 0 unspecified atom stereocenters. The van der Waals surface area contributed by atoms with E-state index in [1.807, 2.05) is 6.07 Å². The van der Waals surface area contributed by atoms with Gasteiger partial charge in [-0.05, 0) is 31.9 Å². The molecule has 0 bridgehead atoms. The maximum Gasteiger partial charge on any atom is 0.293 e. The van der Waals surface area contributed by atoms with Crippen molar-refractivity contribution in [3.8, 4) is 0 Å². The lowest BCUT2D eigenvalue weighted by atomic mass is 9.95. The zero-order valence-corrected chi connectivity index (χ0v) is 15.1. The molecule has 0 radical (unpaired) electrons. The number of carbonyl (C=O) groups is 2. The first-order valence-corrected chi connectivity index (χ1v) is 9.14. The monoisotopic (exact) mass is 367 g/mol. The molecule has 3 aromatic rings. The second kappa shape index (κ2) is 7.22. The number of pyridine rings is 1. The quantitative estimate of drug-likeness (QED) is 0.738. The van der Waals surface area contributed by atoms with Gasteiger partial charge in [-0.1, -0.05) is 30.5 Å². The largest absolute Gasteiger partial charge is 0.360 e. The molecule has 0 aromatic carbocycles. The Hall–Kier alpha value is -3.16. The van der Waals surface area contributed by atoms with E-state index in [1.54, 1.807) is 35.7 Å². The molecular weight excluding hydrogens is 346 g/mol. The van der Waals surface area contributed by atoms with Crippen molar-refractivity contribution in [2.24, 2.45) is 0 Å². The second-order valence-corrected chi connectivity index (χ2v) is 6.83. The SMILES string of the molecule is Cc1cc(NC(=O)c2nc(C(=O)NC3CCCCC3)c3ccccn23)no1. The zero-order chi connectivity index (χ0) is 18.8. The molecule has 3 heterocycles. The Balaban J connectivity index is 1.62. The van der Waals surface area contributed by atoms with Crippen molar-refractivity contribution < 1.29 is 14.1 Å². The minimum atomic E-state index is -0.457. The number of rotatable bonds is 4. The van der Waals surface area contributed by atoms with Crippen LogP contribution in [0.25, 0.3) is 5.52 Å². The molecule has 4 rings (SSSR count). The Kier molecular flexibility index (Phi) is 4.62. The second-order valence-electron chi connectivity index (χ2n) is 6.83. The molecule has 2 N–H and O–H groups in total. The fraction of sp³-hybridized carbons (Fsp3) is 0.368. The van der Waals surface area contributed by atoms with Gasteiger partial charge in [0.2, 0.25) is 5.82 Å². The van der Waals surface area contributed by atoms with Gasteiger partial charge in [-0.2, -0.15) is 0 Å². The number of nitrogens with zero attached hydrogens (tertiary/aromatic N) is 3. The number of nitrogens with one attached hydrogen (secondary N) is 2. The predicted molar refractivity (Wildman–Crippen MR) is 98.7 cm³/mol. The number of fused-ring (bicyclic) bond motifs is 1. The summed E-state index contributed by atoms with van der Waals surface area (Å²) in [6.07, 6.45) is 7.14. The summed E-state index contributed by atoms with van der Waals surface area (Å²) in [6.45, 7) is 1.74.